The average Bonchev–Trinajstić information content (AvgIpc) is 2.35. The minimum absolute atomic E-state index is 0.0283. The van der Waals surface area contributed by atoms with Crippen molar-refractivity contribution in [2.75, 3.05) is 7.05 Å². The Kier molecular flexibility index (Phi) is 4.35. The first kappa shape index (κ1) is 13.8. The minimum Gasteiger partial charge on any atom is -0.436 e. The predicted molar refractivity (Wildman–Crippen MR) is 73.2 cm³/mol. The van der Waals surface area contributed by atoms with Gasteiger partial charge in [0.2, 0.25) is 5.88 Å². The third-order valence-corrected chi connectivity index (χ3v) is 2.79. The van der Waals surface area contributed by atoms with Gasteiger partial charge in [0.05, 0.1) is 5.02 Å². The van der Waals surface area contributed by atoms with Gasteiger partial charge in [-0.2, -0.15) is 0 Å². The van der Waals surface area contributed by atoms with Crippen LogP contribution in [-0.4, -0.2) is 12.0 Å². The number of pyridine rings is 1. The number of nitrogens with one attached hydrogen (secondary N) is 1. The van der Waals surface area contributed by atoms with Crippen molar-refractivity contribution in [3.8, 4) is 11.6 Å². The minimum atomic E-state index is -0.581. The second-order valence-electron chi connectivity index (χ2n) is 4.14. The van der Waals surface area contributed by atoms with Crippen molar-refractivity contribution in [1.29, 1.82) is 0 Å². The molecule has 19 heavy (non-hydrogen) atoms. The van der Waals surface area contributed by atoms with Crippen LogP contribution in [0.25, 0.3) is 0 Å². The highest BCUT2D eigenvalue weighted by Crippen LogP contribution is 2.28. The first-order valence-corrected chi connectivity index (χ1v) is 6.22. The monoisotopic (exact) mass is 280 g/mol. The highest BCUT2D eigenvalue weighted by Gasteiger charge is 2.10. The number of aryl methyl sites for hydroxylation is 1. The zero-order valence-corrected chi connectivity index (χ0v) is 11.5. The molecule has 0 radical (unpaired) electrons. The fraction of sp³-hybridized carbons (Fsp3) is 0.214. The van der Waals surface area contributed by atoms with Gasteiger partial charge in [-0.3, -0.25) is 0 Å². The molecule has 0 saturated heterocycles. The number of nitrogens with zero attached hydrogens (tertiary/aromatic N) is 1. The van der Waals surface area contributed by atoms with E-state index in [0.29, 0.717) is 12.4 Å². The first-order valence-electron chi connectivity index (χ1n) is 5.84. The molecule has 0 atom stereocenters. The number of aromatic nitrogens is 1. The van der Waals surface area contributed by atoms with Crippen LogP contribution in [0.1, 0.15) is 11.3 Å². The normalized spacial score (nSPS) is 10.5. The highest BCUT2D eigenvalue weighted by atomic mass is 35.5. The molecule has 0 aliphatic heterocycles. The smallest absolute Gasteiger partial charge is 0.219 e. The number of benzene rings is 1. The Labute approximate surface area is 116 Å². The van der Waals surface area contributed by atoms with Gasteiger partial charge in [0.25, 0.3) is 0 Å². The van der Waals surface area contributed by atoms with E-state index in [0.717, 1.165) is 11.3 Å². The van der Waals surface area contributed by atoms with Gasteiger partial charge in [0, 0.05) is 18.3 Å². The van der Waals surface area contributed by atoms with Gasteiger partial charge < -0.3 is 10.1 Å². The van der Waals surface area contributed by atoms with E-state index < -0.39 is 5.82 Å². The van der Waals surface area contributed by atoms with Crippen LogP contribution in [0.15, 0.2) is 30.3 Å². The summed E-state index contributed by atoms with van der Waals surface area (Å²) in [6.45, 7) is 2.55. The van der Waals surface area contributed by atoms with E-state index in [9.17, 15) is 4.39 Å². The molecule has 0 aliphatic rings. The van der Waals surface area contributed by atoms with E-state index in [2.05, 4.69) is 10.3 Å². The van der Waals surface area contributed by atoms with Crippen LogP contribution < -0.4 is 10.1 Å². The van der Waals surface area contributed by atoms with Crippen LogP contribution >= 0.6 is 11.6 Å². The van der Waals surface area contributed by atoms with Gasteiger partial charge in [-0.1, -0.05) is 17.7 Å². The lowest BCUT2D eigenvalue weighted by Gasteiger charge is -2.09. The molecule has 1 aromatic heterocycles. The summed E-state index contributed by atoms with van der Waals surface area (Å²) < 4.78 is 19.2. The topological polar surface area (TPSA) is 34.2 Å². The molecule has 5 heteroatoms. The Hall–Kier alpha value is -1.65. The van der Waals surface area contributed by atoms with E-state index in [1.165, 1.54) is 12.1 Å². The Balaban J connectivity index is 2.30. The van der Waals surface area contributed by atoms with E-state index in [4.69, 9.17) is 16.3 Å². The predicted octanol–water partition coefficient (Wildman–Crippen LogP) is 3.69. The Morgan fingerprint density at radius 2 is 2.16 bits per heavy atom. The lowest BCUT2D eigenvalue weighted by molar-refractivity contribution is 0.426. The molecular formula is C14H14ClFN2O. The fourth-order valence-electron chi connectivity index (χ4n) is 1.74. The molecule has 2 rings (SSSR count). The summed E-state index contributed by atoms with van der Waals surface area (Å²) in [6.07, 6.45) is 0. The second kappa shape index (κ2) is 5.99. The molecule has 2 aromatic rings. The maximum atomic E-state index is 13.7. The molecule has 0 aliphatic carbocycles. The van der Waals surface area contributed by atoms with Crippen molar-refractivity contribution >= 4 is 11.6 Å². The largest absolute Gasteiger partial charge is 0.436 e. The van der Waals surface area contributed by atoms with Gasteiger partial charge in [-0.25, -0.2) is 9.37 Å². The van der Waals surface area contributed by atoms with Crippen molar-refractivity contribution in [1.82, 2.24) is 10.3 Å². The molecule has 3 nitrogen and oxygen atoms in total. The number of hydrogen-bond donors (Lipinski definition) is 1. The van der Waals surface area contributed by atoms with Crippen LogP contribution in [0.3, 0.4) is 0 Å². The molecular weight excluding hydrogens is 267 g/mol. The summed E-state index contributed by atoms with van der Waals surface area (Å²) >= 11 is 5.71. The van der Waals surface area contributed by atoms with E-state index >= 15 is 0 Å². The van der Waals surface area contributed by atoms with Crippen LogP contribution in [0.4, 0.5) is 4.39 Å². The molecule has 0 saturated carbocycles. The highest BCUT2D eigenvalue weighted by molar-refractivity contribution is 6.30. The SMILES string of the molecule is CNCc1cc(C)nc(Oc2cccc(Cl)c2F)c1. The molecule has 1 N–H and O–H groups in total. The molecule has 0 fully saturated rings. The lowest BCUT2D eigenvalue weighted by Crippen LogP contribution is -2.06. The summed E-state index contributed by atoms with van der Waals surface area (Å²) in [4.78, 5) is 4.22. The van der Waals surface area contributed by atoms with Gasteiger partial charge in [-0.05, 0) is 37.7 Å². The van der Waals surface area contributed by atoms with Crippen LogP contribution in [0.2, 0.25) is 5.02 Å². The van der Waals surface area contributed by atoms with Crippen molar-refractivity contribution in [2.24, 2.45) is 0 Å². The molecule has 1 aromatic carbocycles. The molecule has 0 amide bonds. The number of hydrogen-bond acceptors (Lipinski definition) is 3. The average molecular weight is 281 g/mol. The van der Waals surface area contributed by atoms with Crippen molar-refractivity contribution < 1.29 is 9.13 Å². The van der Waals surface area contributed by atoms with Gasteiger partial charge in [0.1, 0.15) is 0 Å². The summed E-state index contributed by atoms with van der Waals surface area (Å²) in [5.74, 6) is -0.157. The summed E-state index contributed by atoms with van der Waals surface area (Å²) in [5, 5.41) is 3.07. The first-order chi connectivity index (χ1) is 9.10. The molecule has 0 unspecified atom stereocenters. The van der Waals surface area contributed by atoms with Gasteiger partial charge in [0.15, 0.2) is 11.6 Å². The van der Waals surface area contributed by atoms with E-state index in [1.807, 2.05) is 20.0 Å². The zero-order valence-electron chi connectivity index (χ0n) is 10.7. The Bertz CT molecular complexity index is 590. The van der Waals surface area contributed by atoms with Gasteiger partial charge in [-0.15, -0.1) is 0 Å². The zero-order chi connectivity index (χ0) is 13.8. The van der Waals surface area contributed by atoms with Crippen LogP contribution in [-0.2, 0) is 6.54 Å². The summed E-state index contributed by atoms with van der Waals surface area (Å²) in [6, 6.07) is 8.33. The van der Waals surface area contributed by atoms with Crippen molar-refractivity contribution in [3.63, 3.8) is 0 Å². The van der Waals surface area contributed by atoms with Gasteiger partial charge >= 0.3 is 0 Å². The quantitative estimate of drug-likeness (QED) is 0.927. The third-order valence-electron chi connectivity index (χ3n) is 2.50. The standard InChI is InChI=1S/C14H14ClFN2O/c1-9-6-10(8-17-2)7-13(18-9)19-12-5-3-4-11(15)14(12)16/h3-7,17H,8H2,1-2H3. The fourth-order valence-corrected chi connectivity index (χ4v) is 1.91. The summed E-state index contributed by atoms with van der Waals surface area (Å²) in [5.41, 5.74) is 1.83. The van der Waals surface area contributed by atoms with Crippen LogP contribution in [0, 0.1) is 12.7 Å². The summed E-state index contributed by atoms with van der Waals surface area (Å²) in [7, 11) is 1.85. The Morgan fingerprint density at radius 1 is 1.37 bits per heavy atom. The maximum Gasteiger partial charge on any atom is 0.219 e. The number of rotatable bonds is 4. The lowest BCUT2D eigenvalue weighted by atomic mass is 10.2. The molecule has 0 spiro atoms. The third kappa shape index (κ3) is 3.43. The molecule has 100 valence electrons. The van der Waals surface area contributed by atoms with Crippen molar-refractivity contribution in [3.05, 3.63) is 52.4 Å². The van der Waals surface area contributed by atoms with Crippen LogP contribution in [0.5, 0.6) is 11.6 Å². The van der Waals surface area contributed by atoms with E-state index in [1.54, 1.807) is 12.1 Å². The second-order valence-corrected chi connectivity index (χ2v) is 4.55. The molecule has 0 bridgehead atoms. The number of halogens is 2. The van der Waals surface area contributed by atoms with E-state index in [-0.39, 0.29) is 10.8 Å². The Morgan fingerprint density at radius 3 is 2.89 bits per heavy atom. The van der Waals surface area contributed by atoms with Crippen molar-refractivity contribution in [2.45, 2.75) is 13.5 Å². The maximum absolute atomic E-state index is 13.7. The number of ether oxygens (including phenoxy) is 1. The molecule has 1 heterocycles.